The fourth-order valence-corrected chi connectivity index (χ4v) is 2.95. The largest absolute Gasteiger partial charge is 0.373 e. The van der Waals surface area contributed by atoms with E-state index in [0.717, 1.165) is 35.4 Å². The second kappa shape index (κ2) is 6.21. The third-order valence-corrected chi connectivity index (χ3v) is 4.11. The van der Waals surface area contributed by atoms with Crippen LogP contribution in [0.15, 0.2) is 22.7 Å². The number of piperidine rings is 1. The molecule has 1 saturated heterocycles. The molecule has 96 valence electrons. The molecule has 0 radical (unpaired) electrons. The maximum absolute atomic E-state index is 9.23. The maximum atomic E-state index is 9.23. The van der Waals surface area contributed by atoms with Crippen molar-refractivity contribution >= 4 is 21.6 Å². The molecular weight excluding hydrogens is 290 g/mol. The van der Waals surface area contributed by atoms with Crippen molar-refractivity contribution in [2.75, 3.05) is 31.6 Å². The lowest BCUT2D eigenvalue weighted by Crippen LogP contribution is -2.37. The van der Waals surface area contributed by atoms with Gasteiger partial charge in [-0.3, -0.25) is 0 Å². The van der Waals surface area contributed by atoms with E-state index >= 15 is 0 Å². The highest BCUT2D eigenvalue weighted by Gasteiger charge is 2.17. The van der Waals surface area contributed by atoms with Gasteiger partial charge in [-0.1, -0.05) is 6.07 Å². The number of rotatable bonds is 3. The molecule has 1 unspecified atom stereocenters. The topological polar surface area (TPSA) is 39.1 Å². The Morgan fingerprint density at radius 1 is 1.56 bits per heavy atom. The first kappa shape index (κ1) is 13.4. The van der Waals surface area contributed by atoms with Gasteiger partial charge in [0.05, 0.1) is 11.3 Å². The molecule has 1 aliphatic heterocycles. The van der Waals surface area contributed by atoms with Crippen molar-refractivity contribution in [1.29, 1.82) is 5.26 Å². The quantitative estimate of drug-likeness (QED) is 0.933. The fourth-order valence-electron chi connectivity index (χ4n) is 2.51. The van der Waals surface area contributed by atoms with Crippen molar-refractivity contribution in [1.82, 2.24) is 5.32 Å². The van der Waals surface area contributed by atoms with Crippen molar-refractivity contribution in [2.45, 2.75) is 12.8 Å². The molecule has 0 aliphatic carbocycles. The van der Waals surface area contributed by atoms with E-state index < -0.39 is 0 Å². The van der Waals surface area contributed by atoms with Crippen LogP contribution in [-0.4, -0.2) is 26.7 Å². The normalized spacial score (nSPS) is 19.3. The van der Waals surface area contributed by atoms with Gasteiger partial charge >= 0.3 is 0 Å². The standard InChI is InChI=1S/C14H18BrN3/c1-18(10-11-4-3-7-17-9-11)14-6-2-5-13(15)12(14)8-16/h2,5-6,11,17H,3-4,7,9-10H2,1H3. The van der Waals surface area contributed by atoms with Crippen molar-refractivity contribution in [2.24, 2.45) is 5.92 Å². The molecule has 1 fully saturated rings. The number of hydrogen-bond acceptors (Lipinski definition) is 3. The summed E-state index contributed by atoms with van der Waals surface area (Å²) in [6.45, 7) is 3.22. The summed E-state index contributed by atoms with van der Waals surface area (Å²) >= 11 is 3.44. The number of benzene rings is 1. The second-order valence-corrected chi connectivity index (χ2v) is 5.69. The van der Waals surface area contributed by atoms with Crippen molar-refractivity contribution in [3.05, 3.63) is 28.2 Å². The number of nitriles is 1. The predicted molar refractivity (Wildman–Crippen MR) is 77.7 cm³/mol. The molecule has 1 aliphatic rings. The first-order valence-electron chi connectivity index (χ1n) is 6.33. The second-order valence-electron chi connectivity index (χ2n) is 4.84. The van der Waals surface area contributed by atoms with Gasteiger partial charge in [0.15, 0.2) is 0 Å². The van der Waals surface area contributed by atoms with Crippen LogP contribution < -0.4 is 10.2 Å². The van der Waals surface area contributed by atoms with Gasteiger partial charge in [-0.2, -0.15) is 5.26 Å². The van der Waals surface area contributed by atoms with Gasteiger partial charge in [0.25, 0.3) is 0 Å². The van der Waals surface area contributed by atoms with E-state index in [9.17, 15) is 5.26 Å². The highest BCUT2D eigenvalue weighted by molar-refractivity contribution is 9.10. The Morgan fingerprint density at radius 3 is 3.06 bits per heavy atom. The summed E-state index contributed by atoms with van der Waals surface area (Å²) in [7, 11) is 2.07. The fraction of sp³-hybridized carbons (Fsp3) is 0.500. The lowest BCUT2D eigenvalue weighted by molar-refractivity contribution is 0.381. The molecular formula is C14H18BrN3. The molecule has 0 bridgehead atoms. The van der Waals surface area contributed by atoms with E-state index in [4.69, 9.17) is 0 Å². The number of halogens is 1. The minimum atomic E-state index is 0.675. The molecule has 1 aromatic carbocycles. The number of nitrogens with zero attached hydrogens (tertiary/aromatic N) is 2. The summed E-state index contributed by atoms with van der Waals surface area (Å²) in [4.78, 5) is 2.20. The zero-order valence-corrected chi connectivity index (χ0v) is 12.2. The van der Waals surface area contributed by atoms with Crippen molar-refractivity contribution in [3.8, 4) is 6.07 Å². The van der Waals surface area contributed by atoms with Crippen LogP contribution in [-0.2, 0) is 0 Å². The van der Waals surface area contributed by atoms with Gasteiger partial charge in [0.2, 0.25) is 0 Å². The SMILES string of the molecule is CN(CC1CCCNC1)c1cccc(Br)c1C#N. The van der Waals surface area contributed by atoms with E-state index in [-0.39, 0.29) is 0 Å². The molecule has 18 heavy (non-hydrogen) atoms. The Kier molecular flexibility index (Phi) is 4.62. The van der Waals surface area contributed by atoms with Crippen LogP contribution in [0.3, 0.4) is 0 Å². The van der Waals surface area contributed by atoms with Gasteiger partial charge in [-0.05, 0) is 59.9 Å². The smallest absolute Gasteiger partial charge is 0.103 e. The van der Waals surface area contributed by atoms with Crippen LogP contribution in [0.25, 0.3) is 0 Å². The minimum Gasteiger partial charge on any atom is -0.373 e. The monoisotopic (exact) mass is 307 g/mol. The van der Waals surface area contributed by atoms with Gasteiger partial charge in [-0.15, -0.1) is 0 Å². The third-order valence-electron chi connectivity index (χ3n) is 3.45. The van der Waals surface area contributed by atoms with Gasteiger partial charge in [0, 0.05) is 18.1 Å². The van der Waals surface area contributed by atoms with E-state index in [2.05, 4.69) is 39.3 Å². The van der Waals surface area contributed by atoms with E-state index in [1.54, 1.807) is 0 Å². The van der Waals surface area contributed by atoms with Crippen molar-refractivity contribution in [3.63, 3.8) is 0 Å². The Bertz CT molecular complexity index is 447. The van der Waals surface area contributed by atoms with Gasteiger partial charge in [0.1, 0.15) is 6.07 Å². The van der Waals surface area contributed by atoms with Crippen LogP contribution in [0.1, 0.15) is 18.4 Å². The lowest BCUT2D eigenvalue weighted by atomic mass is 9.99. The molecule has 0 amide bonds. The summed E-state index contributed by atoms with van der Waals surface area (Å²) in [5.74, 6) is 0.675. The molecule has 0 spiro atoms. The van der Waals surface area contributed by atoms with Crippen LogP contribution in [0.4, 0.5) is 5.69 Å². The highest BCUT2D eigenvalue weighted by atomic mass is 79.9. The Balaban J connectivity index is 2.11. The van der Waals surface area contributed by atoms with Crippen LogP contribution in [0.2, 0.25) is 0 Å². The Morgan fingerprint density at radius 2 is 2.39 bits per heavy atom. The van der Waals surface area contributed by atoms with Crippen molar-refractivity contribution < 1.29 is 0 Å². The molecule has 1 N–H and O–H groups in total. The molecule has 0 aromatic heterocycles. The number of anilines is 1. The first-order chi connectivity index (χ1) is 8.72. The Hall–Kier alpha value is -1.05. The summed E-state index contributed by atoms with van der Waals surface area (Å²) in [6, 6.07) is 8.19. The molecule has 3 nitrogen and oxygen atoms in total. The summed E-state index contributed by atoms with van der Waals surface area (Å²) in [6.07, 6.45) is 2.52. The van der Waals surface area contributed by atoms with Gasteiger partial charge < -0.3 is 10.2 Å². The predicted octanol–water partition coefficient (Wildman–Crippen LogP) is 2.76. The van der Waals surface area contributed by atoms with E-state index in [0.29, 0.717) is 5.92 Å². The Labute approximate surface area is 117 Å². The van der Waals surface area contributed by atoms with Crippen LogP contribution in [0, 0.1) is 17.2 Å². The zero-order chi connectivity index (χ0) is 13.0. The number of hydrogen-bond donors (Lipinski definition) is 1. The molecule has 4 heteroatoms. The van der Waals surface area contributed by atoms with Crippen LogP contribution >= 0.6 is 15.9 Å². The van der Waals surface area contributed by atoms with E-state index in [1.807, 2.05) is 18.2 Å². The lowest BCUT2D eigenvalue weighted by Gasteiger charge is -2.29. The minimum absolute atomic E-state index is 0.675. The molecule has 1 heterocycles. The highest BCUT2D eigenvalue weighted by Crippen LogP contribution is 2.27. The van der Waals surface area contributed by atoms with E-state index in [1.165, 1.54) is 12.8 Å². The van der Waals surface area contributed by atoms with Gasteiger partial charge in [-0.25, -0.2) is 0 Å². The molecule has 0 saturated carbocycles. The zero-order valence-electron chi connectivity index (χ0n) is 10.6. The van der Waals surface area contributed by atoms with Crippen LogP contribution in [0.5, 0.6) is 0 Å². The first-order valence-corrected chi connectivity index (χ1v) is 7.12. The molecule has 1 atom stereocenters. The third kappa shape index (κ3) is 3.04. The summed E-state index contributed by atoms with van der Waals surface area (Å²) in [5.41, 5.74) is 1.74. The summed E-state index contributed by atoms with van der Waals surface area (Å²) < 4.78 is 0.871. The maximum Gasteiger partial charge on any atom is 0.103 e. The summed E-state index contributed by atoms with van der Waals surface area (Å²) in [5, 5.41) is 12.7. The molecule has 2 rings (SSSR count). The average molecular weight is 308 g/mol. The average Bonchev–Trinajstić information content (AvgIpc) is 2.39. The molecule has 1 aromatic rings. The number of nitrogens with one attached hydrogen (secondary N) is 1.